The molecule has 8 heteroatoms. The van der Waals surface area contributed by atoms with Crippen molar-refractivity contribution >= 4 is 17.4 Å². The number of hydrogen-bond donors (Lipinski definition) is 0. The summed E-state index contributed by atoms with van der Waals surface area (Å²) in [5, 5.41) is 9.33. The van der Waals surface area contributed by atoms with Crippen LogP contribution >= 0.6 is 0 Å². The molecule has 2 aliphatic rings. The summed E-state index contributed by atoms with van der Waals surface area (Å²) in [6.07, 6.45) is 7.57. The highest BCUT2D eigenvalue weighted by atomic mass is 16.2. The van der Waals surface area contributed by atoms with E-state index in [0.29, 0.717) is 12.2 Å². The third-order valence-corrected chi connectivity index (χ3v) is 6.56. The first-order valence-corrected chi connectivity index (χ1v) is 11.5. The van der Waals surface area contributed by atoms with Crippen molar-refractivity contribution in [2.45, 2.75) is 65.5 Å². The molecule has 1 unspecified atom stereocenters. The third-order valence-electron chi connectivity index (χ3n) is 6.56. The Hall–Kier alpha value is -2.90. The largest absolute Gasteiger partial charge is 0.356 e. The van der Waals surface area contributed by atoms with E-state index < -0.39 is 0 Å². The fraction of sp³-hybridized carbons (Fsp3) is 0.565. The second-order valence-corrected chi connectivity index (χ2v) is 8.81. The summed E-state index contributed by atoms with van der Waals surface area (Å²) in [7, 11) is 0. The van der Waals surface area contributed by atoms with Gasteiger partial charge in [-0.05, 0) is 58.9 Å². The SMILES string of the molecule is CCn1nc(C)cc1C(=O)N1CCCCC1c1cc2nc(N3CCCC3)c(C)cn2n1. The van der Waals surface area contributed by atoms with Gasteiger partial charge >= 0.3 is 0 Å². The Kier molecular flexibility index (Phi) is 5.16. The molecule has 0 radical (unpaired) electrons. The van der Waals surface area contributed by atoms with Gasteiger partial charge in [0.05, 0.1) is 17.4 Å². The third kappa shape index (κ3) is 3.58. The number of aryl methyl sites for hydroxylation is 3. The van der Waals surface area contributed by atoms with Crippen LogP contribution in [0.2, 0.25) is 0 Å². The van der Waals surface area contributed by atoms with Gasteiger partial charge in [-0.1, -0.05) is 0 Å². The fourth-order valence-electron chi connectivity index (χ4n) is 5.02. The van der Waals surface area contributed by atoms with Crippen molar-refractivity contribution in [2.24, 2.45) is 0 Å². The number of likely N-dealkylation sites (tertiary alicyclic amines) is 1. The van der Waals surface area contributed by atoms with Gasteiger partial charge in [0.2, 0.25) is 0 Å². The summed E-state index contributed by atoms with van der Waals surface area (Å²) in [6, 6.07) is 3.94. The van der Waals surface area contributed by atoms with Crippen LogP contribution in [0.1, 0.15) is 72.5 Å². The maximum absolute atomic E-state index is 13.5. The van der Waals surface area contributed by atoms with Gasteiger partial charge in [-0.15, -0.1) is 0 Å². The zero-order valence-corrected chi connectivity index (χ0v) is 18.7. The first kappa shape index (κ1) is 20.0. The minimum atomic E-state index is -0.0287. The van der Waals surface area contributed by atoms with E-state index >= 15 is 0 Å². The Morgan fingerprint density at radius 1 is 1.06 bits per heavy atom. The van der Waals surface area contributed by atoms with Crippen LogP contribution in [0, 0.1) is 13.8 Å². The lowest BCUT2D eigenvalue weighted by molar-refractivity contribution is 0.0593. The monoisotopic (exact) mass is 421 g/mol. The van der Waals surface area contributed by atoms with Crippen LogP contribution in [0.15, 0.2) is 18.3 Å². The molecule has 3 aromatic rings. The number of nitrogens with zero attached hydrogens (tertiary/aromatic N) is 7. The number of carbonyl (C=O) groups is 1. The second-order valence-electron chi connectivity index (χ2n) is 8.81. The molecule has 1 amide bonds. The van der Waals surface area contributed by atoms with Crippen molar-refractivity contribution in [1.82, 2.24) is 29.3 Å². The smallest absolute Gasteiger partial charge is 0.272 e. The average Bonchev–Trinajstić information content (AvgIpc) is 3.51. The number of rotatable bonds is 4. The van der Waals surface area contributed by atoms with Crippen LogP contribution in [0.4, 0.5) is 5.82 Å². The summed E-state index contributed by atoms with van der Waals surface area (Å²) in [4.78, 5) is 22.8. The standard InChI is InChI=1S/C23H31N7O/c1-4-29-20(13-17(3)25-29)23(31)28-12-6-5-9-19(28)18-14-21-24-22(27-10-7-8-11-27)16(2)15-30(21)26-18/h13-15,19H,4-12H2,1-3H3. The molecule has 0 saturated carbocycles. The second kappa shape index (κ2) is 7.98. The Morgan fingerprint density at radius 3 is 2.61 bits per heavy atom. The van der Waals surface area contributed by atoms with Crippen LogP contribution in [0.25, 0.3) is 5.65 Å². The van der Waals surface area contributed by atoms with Crippen molar-refractivity contribution in [3.05, 3.63) is 41.0 Å². The molecule has 0 N–H and O–H groups in total. The van der Waals surface area contributed by atoms with Crippen LogP contribution in [0.5, 0.6) is 0 Å². The Bertz CT molecular complexity index is 1110. The molecule has 164 valence electrons. The van der Waals surface area contributed by atoms with Crippen molar-refractivity contribution < 1.29 is 4.79 Å². The number of amides is 1. The van der Waals surface area contributed by atoms with E-state index in [4.69, 9.17) is 10.1 Å². The molecule has 2 fully saturated rings. The normalized spacial score (nSPS) is 19.5. The van der Waals surface area contributed by atoms with Crippen molar-refractivity contribution in [2.75, 3.05) is 24.5 Å². The number of aromatic nitrogens is 5. The first-order valence-electron chi connectivity index (χ1n) is 11.5. The molecule has 5 heterocycles. The highest BCUT2D eigenvalue weighted by molar-refractivity contribution is 5.93. The summed E-state index contributed by atoms with van der Waals surface area (Å²) in [5.74, 6) is 1.11. The van der Waals surface area contributed by atoms with Gasteiger partial charge in [0, 0.05) is 44.0 Å². The number of anilines is 1. The molecule has 2 aliphatic heterocycles. The molecule has 5 rings (SSSR count). The van der Waals surface area contributed by atoms with Gasteiger partial charge in [-0.3, -0.25) is 9.48 Å². The maximum Gasteiger partial charge on any atom is 0.272 e. The minimum Gasteiger partial charge on any atom is -0.356 e. The van der Waals surface area contributed by atoms with E-state index in [9.17, 15) is 4.79 Å². The lowest BCUT2D eigenvalue weighted by Crippen LogP contribution is -2.39. The molecular weight excluding hydrogens is 390 g/mol. The molecule has 8 nitrogen and oxygen atoms in total. The van der Waals surface area contributed by atoms with E-state index in [-0.39, 0.29) is 11.9 Å². The van der Waals surface area contributed by atoms with Crippen molar-refractivity contribution in [3.8, 4) is 0 Å². The molecule has 0 aliphatic carbocycles. The molecule has 3 aromatic heterocycles. The number of fused-ring (bicyclic) bond motifs is 1. The van der Waals surface area contributed by atoms with E-state index in [1.165, 1.54) is 12.8 Å². The summed E-state index contributed by atoms with van der Waals surface area (Å²) < 4.78 is 3.68. The molecule has 31 heavy (non-hydrogen) atoms. The molecule has 0 aromatic carbocycles. The van der Waals surface area contributed by atoms with Crippen LogP contribution < -0.4 is 4.90 Å². The van der Waals surface area contributed by atoms with Gasteiger partial charge in [0.1, 0.15) is 11.5 Å². The molecule has 2 saturated heterocycles. The van der Waals surface area contributed by atoms with Gasteiger partial charge in [-0.2, -0.15) is 10.2 Å². The Morgan fingerprint density at radius 2 is 1.84 bits per heavy atom. The lowest BCUT2D eigenvalue weighted by atomic mass is 9.99. The molecule has 1 atom stereocenters. The minimum absolute atomic E-state index is 0.0287. The summed E-state index contributed by atoms with van der Waals surface area (Å²) in [5.41, 5.74) is 4.47. The van der Waals surface area contributed by atoms with Crippen LogP contribution in [0.3, 0.4) is 0 Å². The molecular formula is C23H31N7O. The van der Waals surface area contributed by atoms with Crippen molar-refractivity contribution in [3.63, 3.8) is 0 Å². The van der Waals surface area contributed by atoms with E-state index in [1.807, 2.05) is 29.3 Å². The lowest BCUT2D eigenvalue weighted by Gasteiger charge is -2.34. The van der Waals surface area contributed by atoms with Gasteiger partial charge in [-0.25, -0.2) is 9.50 Å². The summed E-state index contributed by atoms with van der Waals surface area (Å²) >= 11 is 0. The highest BCUT2D eigenvalue weighted by Gasteiger charge is 2.32. The van der Waals surface area contributed by atoms with E-state index in [0.717, 1.165) is 67.3 Å². The van der Waals surface area contributed by atoms with Crippen LogP contribution in [-0.2, 0) is 6.54 Å². The van der Waals surface area contributed by atoms with Gasteiger partial charge in [0.15, 0.2) is 5.65 Å². The first-order chi connectivity index (χ1) is 15.0. The zero-order chi connectivity index (χ0) is 21.5. The zero-order valence-electron chi connectivity index (χ0n) is 18.7. The van der Waals surface area contributed by atoms with Crippen LogP contribution in [-0.4, -0.2) is 54.8 Å². The predicted octanol–water partition coefficient (Wildman–Crippen LogP) is 3.53. The molecule has 0 spiro atoms. The highest BCUT2D eigenvalue weighted by Crippen LogP contribution is 2.33. The topological polar surface area (TPSA) is 71.6 Å². The van der Waals surface area contributed by atoms with Crippen molar-refractivity contribution in [1.29, 1.82) is 0 Å². The summed E-state index contributed by atoms with van der Waals surface area (Å²) in [6.45, 7) is 9.63. The van der Waals surface area contributed by atoms with E-state index in [2.05, 4.69) is 29.2 Å². The number of carbonyl (C=O) groups excluding carboxylic acids is 1. The Balaban J connectivity index is 1.49. The fourth-order valence-corrected chi connectivity index (χ4v) is 5.02. The average molecular weight is 422 g/mol. The van der Waals surface area contributed by atoms with Gasteiger partial charge < -0.3 is 9.80 Å². The molecule has 0 bridgehead atoms. The number of piperidine rings is 1. The maximum atomic E-state index is 13.5. The Labute approximate surface area is 182 Å². The predicted molar refractivity (Wildman–Crippen MR) is 119 cm³/mol. The van der Waals surface area contributed by atoms with E-state index in [1.54, 1.807) is 4.68 Å². The number of hydrogen-bond acceptors (Lipinski definition) is 5. The van der Waals surface area contributed by atoms with Gasteiger partial charge in [0.25, 0.3) is 5.91 Å². The quantitative estimate of drug-likeness (QED) is 0.644.